The van der Waals surface area contributed by atoms with Crippen LogP contribution >= 0.6 is 0 Å². The van der Waals surface area contributed by atoms with Crippen LogP contribution in [0.3, 0.4) is 0 Å². The van der Waals surface area contributed by atoms with Gasteiger partial charge in [-0.15, -0.1) is 0 Å². The molecule has 0 bridgehead atoms. The van der Waals surface area contributed by atoms with Crippen LogP contribution < -0.4 is 4.74 Å². The Morgan fingerprint density at radius 2 is 2.19 bits per heavy atom. The molecule has 0 radical (unpaired) electrons. The Morgan fingerprint density at radius 3 is 2.94 bits per heavy atom. The zero-order chi connectivity index (χ0) is 11.6. The fraction of sp³-hybridized carbons (Fsp3) is 0.462. The van der Waals surface area contributed by atoms with Crippen LogP contribution in [0.2, 0.25) is 0 Å². The van der Waals surface area contributed by atoms with Crippen LogP contribution in [0.5, 0.6) is 5.75 Å². The van der Waals surface area contributed by atoms with Crippen molar-refractivity contribution in [1.29, 1.82) is 5.26 Å². The Hall–Kier alpha value is -1.53. The van der Waals surface area contributed by atoms with Crippen molar-refractivity contribution in [3.8, 4) is 11.8 Å². The van der Waals surface area contributed by atoms with E-state index >= 15 is 0 Å². The summed E-state index contributed by atoms with van der Waals surface area (Å²) in [5.41, 5.74) is 1.11. The van der Waals surface area contributed by atoms with E-state index in [-0.39, 0.29) is 0 Å². The Morgan fingerprint density at radius 1 is 1.31 bits per heavy atom. The van der Waals surface area contributed by atoms with Gasteiger partial charge in [0.2, 0.25) is 0 Å². The van der Waals surface area contributed by atoms with Crippen molar-refractivity contribution >= 4 is 0 Å². The van der Waals surface area contributed by atoms with E-state index in [0.717, 1.165) is 24.2 Å². The normalized spacial score (nSPS) is 9.75. The molecule has 16 heavy (non-hydrogen) atoms. The maximum Gasteiger partial charge on any atom is 0.119 e. The third kappa shape index (κ3) is 4.81. The van der Waals surface area contributed by atoms with E-state index in [2.05, 4.69) is 6.07 Å². The highest BCUT2D eigenvalue weighted by atomic mass is 16.5. The fourth-order valence-electron chi connectivity index (χ4n) is 1.36. The van der Waals surface area contributed by atoms with Gasteiger partial charge in [-0.1, -0.05) is 12.1 Å². The maximum absolute atomic E-state index is 8.35. The number of ether oxygens (including phenoxy) is 2. The minimum Gasteiger partial charge on any atom is -0.497 e. The van der Waals surface area contributed by atoms with E-state index in [4.69, 9.17) is 14.7 Å². The summed E-state index contributed by atoms with van der Waals surface area (Å²) in [6.45, 7) is 1.31. The molecule has 0 N–H and O–H groups in total. The lowest BCUT2D eigenvalue weighted by atomic mass is 10.2. The fourth-order valence-corrected chi connectivity index (χ4v) is 1.36. The largest absolute Gasteiger partial charge is 0.497 e. The van der Waals surface area contributed by atoms with Crippen LogP contribution in [0.25, 0.3) is 0 Å². The van der Waals surface area contributed by atoms with Gasteiger partial charge in [0.05, 0.1) is 19.8 Å². The summed E-state index contributed by atoms with van der Waals surface area (Å²) in [7, 11) is 1.65. The second kappa shape index (κ2) is 7.72. The first kappa shape index (κ1) is 12.5. The lowest BCUT2D eigenvalue weighted by molar-refractivity contribution is 0.117. The van der Waals surface area contributed by atoms with Gasteiger partial charge in [-0.2, -0.15) is 5.26 Å². The van der Waals surface area contributed by atoms with E-state index in [1.54, 1.807) is 7.11 Å². The summed E-state index contributed by atoms with van der Waals surface area (Å²) in [6.07, 6.45) is 2.47. The van der Waals surface area contributed by atoms with Crippen LogP contribution in [-0.4, -0.2) is 13.7 Å². The summed E-state index contributed by atoms with van der Waals surface area (Å²) in [6, 6.07) is 9.96. The lowest BCUT2D eigenvalue weighted by Gasteiger charge is -2.05. The molecule has 0 aliphatic carbocycles. The molecule has 0 saturated carbocycles. The maximum atomic E-state index is 8.35. The first-order chi connectivity index (χ1) is 7.86. The quantitative estimate of drug-likeness (QED) is 0.662. The predicted molar refractivity (Wildman–Crippen MR) is 62.1 cm³/mol. The molecule has 0 aromatic heterocycles. The molecule has 86 valence electrons. The molecule has 3 nitrogen and oxygen atoms in total. The van der Waals surface area contributed by atoms with Crippen LogP contribution in [0, 0.1) is 11.3 Å². The topological polar surface area (TPSA) is 42.2 Å². The van der Waals surface area contributed by atoms with Crippen molar-refractivity contribution in [2.75, 3.05) is 13.7 Å². The Labute approximate surface area is 96.6 Å². The van der Waals surface area contributed by atoms with E-state index in [1.165, 1.54) is 0 Å². The van der Waals surface area contributed by atoms with E-state index in [9.17, 15) is 0 Å². The number of nitriles is 1. The molecule has 0 unspecified atom stereocenters. The molecule has 0 fully saturated rings. The molecule has 1 aromatic rings. The molecule has 0 atom stereocenters. The van der Waals surface area contributed by atoms with E-state index in [0.29, 0.717) is 19.6 Å². The number of nitrogens with zero attached hydrogens (tertiary/aromatic N) is 1. The third-order valence-corrected chi connectivity index (χ3v) is 2.23. The van der Waals surface area contributed by atoms with Gasteiger partial charge in [-0.3, -0.25) is 0 Å². The second-order valence-electron chi connectivity index (χ2n) is 3.52. The van der Waals surface area contributed by atoms with Crippen LogP contribution in [0.1, 0.15) is 24.8 Å². The van der Waals surface area contributed by atoms with Crippen molar-refractivity contribution in [1.82, 2.24) is 0 Å². The minimum absolute atomic E-state index is 0.601. The highest BCUT2D eigenvalue weighted by molar-refractivity contribution is 5.27. The molecule has 0 amide bonds. The summed E-state index contributed by atoms with van der Waals surface area (Å²) in [4.78, 5) is 0. The van der Waals surface area contributed by atoms with E-state index < -0.39 is 0 Å². The molecule has 0 aliphatic rings. The molecule has 1 aromatic carbocycles. The van der Waals surface area contributed by atoms with Crippen LogP contribution in [0.4, 0.5) is 0 Å². The second-order valence-corrected chi connectivity index (χ2v) is 3.52. The van der Waals surface area contributed by atoms with Crippen molar-refractivity contribution in [3.63, 3.8) is 0 Å². The molecule has 0 aliphatic heterocycles. The SMILES string of the molecule is COc1cccc(COCCCCC#N)c1. The van der Waals surface area contributed by atoms with Gasteiger partial charge >= 0.3 is 0 Å². The lowest BCUT2D eigenvalue weighted by Crippen LogP contribution is -1.96. The molecule has 3 heteroatoms. The summed E-state index contributed by atoms with van der Waals surface area (Å²) < 4.78 is 10.6. The number of hydrogen-bond acceptors (Lipinski definition) is 3. The summed E-state index contributed by atoms with van der Waals surface area (Å²) in [5, 5.41) is 8.35. The van der Waals surface area contributed by atoms with Crippen LogP contribution in [-0.2, 0) is 11.3 Å². The van der Waals surface area contributed by atoms with Crippen LogP contribution in [0.15, 0.2) is 24.3 Å². The monoisotopic (exact) mass is 219 g/mol. The molecule has 1 rings (SSSR count). The number of methoxy groups -OCH3 is 1. The summed E-state index contributed by atoms with van der Waals surface area (Å²) in [5.74, 6) is 0.852. The zero-order valence-electron chi connectivity index (χ0n) is 9.61. The molecule has 0 spiro atoms. The van der Waals surface area contributed by atoms with Gasteiger partial charge in [-0.05, 0) is 30.5 Å². The number of hydrogen-bond donors (Lipinski definition) is 0. The zero-order valence-corrected chi connectivity index (χ0v) is 9.61. The molecule has 0 heterocycles. The number of benzene rings is 1. The highest BCUT2D eigenvalue weighted by Crippen LogP contribution is 2.13. The smallest absolute Gasteiger partial charge is 0.119 e. The van der Waals surface area contributed by atoms with Crippen molar-refractivity contribution in [2.24, 2.45) is 0 Å². The molecule has 0 saturated heterocycles. The average molecular weight is 219 g/mol. The van der Waals surface area contributed by atoms with Crippen molar-refractivity contribution < 1.29 is 9.47 Å². The van der Waals surface area contributed by atoms with Gasteiger partial charge in [0.15, 0.2) is 0 Å². The number of rotatable bonds is 7. The Bertz CT molecular complexity index is 344. The van der Waals surface area contributed by atoms with Crippen molar-refractivity contribution in [2.45, 2.75) is 25.9 Å². The van der Waals surface area contributed by atoms with Gasteiger partial charge in [0.25, 0.3) is 0 Å². The van der Waals surface area contributed by atoms with Gasteiger partial charge in [-0.25, -0.2) is 0 Å². The highest BCUT2D eigenvalue weighted by Gasteiger charge is 1.96. The average Bonchev–Trinajstić information content (AvgIpc) is 2.34. The van der Waals surface area contributed by atoms with Crippen molar-refractivity contribution in [3.05, 3.63) is 29.8 Å². The Kier molecular flexibility index (Phi) is 6.05. The predicted octanol–water partition coefficient (Wildman–Crippen LogP) is 2.91. The van der Waals surface area contributed by atoms with Gasteiger partial charge < -0.3 is 9.47 Å². The van der Waals surface area contributed by atoms with E-state index in [1.807, 2.05) is 24.3 Å². The minimum atomic E-state index is 0.601. The van der Waals surface area contributed by atoms with Gasteiger partial charge in [0.1, 0.15) is 5.75 Å². The molecular formula is C13H17NO2. The standard InChI is InChI=1S/C13H17NO2/c1-15-13-7-5-6-12(10-13)11-16-9-4-2-3-8-14/h5-7,10H,2-4,9,11H2,1H3. The number of unbranched alkanes of at least 4 members (excludes halogenated alkanes) is 2. The first-order valence-electron chi connectivity index (χ1n) is 5.44. The third-order valence-electron chi connectivity index (χ3n) is 2.23. The molecular weight excluding hydrogens is 202 g/mol. The van der Waals surface area contributed by atoms with Gasteiger partial charge in [0, 0.05) is 13.0 Å². The Balaban J connectivity index is 2.19. The summed E-state index contributed by atoms with van der Waals surface area (Å²) >= 11 is 0. The first-order valence-corrected chi connectivity index (χ1v) is 5.44.